The van der Waals surface area contributed by atoms with Gasteiger partial charge in [0.05, 0.1) is 0 Å². The number of benzene rings is 3. The first-order valence-corrected chi connectivity index (χ1v) is 7.07. The fourth-order valence-electron chi connectivity index (χ4n) is 2.29. The summed E-state index contributed by atoms with van der Waals surface area (Å²) >= 11 is 0. The summed E-state index contributed by atoms with van der Waals surface area (Å²) in [6, 6.07) is 19.4. The van der Waals surface area contributed by atoms with Crippen molar-refractivity contribution in [1.82, 2.24) is 0 Å². The van der Waals surface area contributed by atoms with Crippen LogP contribution in [0.4, 0.5) is 0 Å². The van der Waals surface area contributed by atoms with Gasteiger partial charge in [-0.3, -0.25) is 4.79 Å². The zero-order valence-corrected chi connectivity index (χ0v) is 12.5. The van der Waals surface area contributed by atoms with Crippen molar-refractivity contribution in [2.24, 2.45) is 0 Å². The van der Waals surface area contributed by atoms with Gasteiger partial charge in [0.2, 0.25) is 0 Å². The number of aryl methyl sites for hydroxylation is 1. The molecule has 22 heavy (non-hydrogen) atoms. The molecule has 0 unspecified atom stereocenters. The second-order valence-electron chi connectivity index (χ2n) is 5.15. The van der Waals surface area contributed by atoms with Gasteiger partial charge in [-0.15, -0.1) is 0 Å². The molecule has 110 valence electrons. The number of carbonyl (C=O) groups excluding carboxylic acids is 1. The van der Waals surface area contributed by atoms with Crippen LogP contribution in [0.2, 0.25) is 0 Å². The molecule has 0 amide bonds. The Morgan fingerprint density at radius 1 is 0.864 bits per heavy atom. The van der Waals surface area contributed by atoms with Crippen molar-refractivity contribution in [3.8, 4) is 17.2 Å². The summed E-state index contributed by atoms with van der Waals surface area (Å²) in [6.45, 7) is 3.34. The van der Waals surface area contributed by atoms with Crippen LogP contribution in [0.5, 0.6) is 17.2 Å². The molecule has 0 aliphatic carbocycles. The normalized spacial score (nSPS) is 10.5. The molecule has 3 heteroatoms. The van der Waals surface area contributed by atoms with E-state index in [2.05, 4.69) is 6.07 Å². The van der Waals surface area contributed by atoms with E-state index in [1.165, 1.54) is 6.92 Å². The largest absolute Gasteiger partial charge is 0.453 e. The van der Waals surface area contributed by atoms with Crippen molar-refractivity contribution >= 4 is 16.7 Å². The zero-order valence-electron chi connectivity index (χ0n) is 12.5. The molecule has 0 heterocycles. The molecular weight excluding hydrogens is 276 g/mol. The summed E-state index contributed by atoms with van der Waals surface area (Å²) in [5, 5.41) is 2.25. The molecule has 3 nitrogen and oxygen atoms in total. The highest BCUT2D eigenvalue weighted by Gasteiger charge is 2.09. The molecule has 0 saturated carbocycles. The van der Waals surface area contributed by atoms with Gasteiger partial charge in [0, 0.05) is 6.92 Å². The van der Waals surface area contributed by atoms with Gasteiger partial charge in [-0.25, -0.2) is 0 Å². The van der Waals surface area contributed by atoms with E-state index >= 15 is 0 Å². The average Bonchev–Trinajstić information content (AvgIpc) is 2.49. The number of hydrogen-bond acceptors (Lipinski definition) is 3. The third-order valence-corrected chi connectivity index (χ3v) is 3.30. The van der Waals surface area contributed by atoms with E-state index in [1.807, 2.05) is 55.5 Å². The van der Waals surface area contributed by atoms with E-state index in [0.717, 1.165) is 16.3 Å². The van der Waals surface area contributed by atoms with Crippen molar-refractivity contribution in [3.63, 3.8) is 0 Å². The average molecular weight is 292 g/mol. The molecule has 0 spiro atoms. The van der Waals surface area contributed by atoms with E-state index in [0.29, 0.717) is 17.2 Å². The maximum absolute atomic E-state index is 11.2. The Labute approximate surface area is 129 Å². The summed E-state index contributed by atoms with van der Waals surface area (Å²) < 4.78 is 11.1. The third-order valence-electron chi connectivity index (χ3n) is 3.30. The topological polar surface area (TPSA) is 35.5 Å². The van der Waals surface area contributed by atoms with E-state index in [9.17, 15) is 4.79 Å². The first kappa shape index (κ1) is 14.1. The predicted molar refractivity (Wildman–Crippen MR) is 86.5 cm³/mol. The second kappa shape index (κ2) is 5.90. The summed E-state index contributed by atoms with van der Waals surface area (Å²) in [6.07, 6.45) is 0. The van der Waals surface area contributed by atoms with Crippen molar-refractivity contribution in [1.29, 1.82) is 0 Å². The highest BCUT2D eigenvalue weighted by Crippen LogP contribution is 2.33. The summed E-state index contributed by atoms with van der Waals surface area (Å²) in [5.41, 5.74) is 1.03. The molecule has 3 aromatic rings. The highest BCUT2D eigenvalue weighted by molar-refractivity contribution is 5.83. The third kappa shape index (κ3) is 3.09. The lowest BCUT2D eigenvalue weighted by atomic mass is 10.1. The molecule has 3 aromatic carbocycles. The van der Waals surface area contributed by atoms with Gasteiger partial charge in [0.1, 0.15) is 5.75 Å². The number of rotatable bonds is 3. The lowest BCUT2D eigenvalue weighted by molar-refractivity contribution is -0.131. The minimum absolute atomic E-state index is 0.368. The molecule has 0 fully saturated rings. The van der Waals surface area contributed by atoms with Crippen LogP contribution < -0.4 is 9.47 Å². The molecule has 0 aliphatic rings. The molecule has 0 aliphatic heterocycles. The van der Waals surface area contributed by atoms with Crippen molar-refractivity contribution in [2.75, 3.05) is 0 Å². The standard InChI is InChI=1S/C19H16O3/c1-13-7-10-18(21-14(2)20)19(11-13)22-17-9-8-15-5-3-4-6-16(15)12-17/h3-12H,1-2H3. The maximum atomic E-state index is 11.2. The van der Waals surface area contributed by atoms with E-state index in [-0.39, 0.29) is 5.97 Å². The SMILES string of the molecule is CC(=O)Oc1ccc(C)cc1Oc1ccc2ccccc2c1. The van der Waals surface area contributed by atoms with E-state index in [4.69, 9.17) is 9.47 Å². The van der Waals surface area contributed by atoms with Crippen molar-refractivity contribution in [2.45, 2.75) is 13.8 Å². The number of hydrogen-bond donors (Lipinski definition) is 0. The van der Waals surface area contributed by atoms with Crippen LogP contribution in [0.25, 0.3) is 10.8 Å². The van der Waals surface area contributed by atoms with Crippen molar-refractivity contribution < 1.29 is 14.3 Å². The van der Waals surface area contributed by atoms with Crippen LogP contribution in [0.15, 0.2) is 60.7 Å². The van der Waals surface area contributed by atoms with E-state index < -0.39 is 0 Å². The summed E-state index contributed by atoms with van der Waals surface area (Å²) in [4.78, 5) is 11.2. The van der Waals surface area contributed by atoms with Gasteiger partial charge in [-0.05, 0) is 47.5 Å². The van der Waals surface area contributed by atoms with Gasteiger partial charge >= 0.3 is 5.97 Å². The van der Waals surface area contributed by atoms with Crippen LogP contribution in [-0.4, -0.2) is 5.97 Å². The zero-order chi connectivity index (χ0) is 15.5. The van der Waals surface area contributed by atoms with E-state index in [1.54, 1.807) is 6.07 Å². The first-order valence-electron chi connectivity index (χ1n) is 7.07. The Hall–Kier alpha value is -2.81. The van der Waals surface area contributed by atoms with Crippen LogP contribution in [0, 0.1) is 6.92 Å². The Morgan fingerprint density at radius 3 is 2.41 bits per heavy atom. The lowest BCUT2D eigenvalue weighted by Gasteiger charge is -2.12. The molecule has 0 saturated heterocycles. The molecule has 0 aromatic heterocycles. The molecule has 0 bridgehead atoms. The van der Waals surface area contributed by atoms with Crippen LogP contribution in [0.1, 0.15) is 12.5 Å². The minimum atomic E-state index is -0.368. The Kier molecular flexibility index (Phi) is 3.79. The monoisotopic (exact) mass is 292 g/mol. The number of carbonyl (C=O) groups is 1. The number of fused-ring (bicyclic) bond motifs is 1. The van der Waals surface area contributed by atoms with Crippen LogP contribution in [-0.2, 0) is 4.79 Å². The fraction of sp³-hybridized carbons (Fsp3) is 0.105. The molecular formula is C19H16O3. The van der Waals surface area contributed by atoms with Gasteiger partial charge in [0.15, 0.2) is 11.5 Å². The Balaban J connectivity index is 1.96. The molecule has 3 rings (SSSR count). The van der Waals surface area contributed by atoms with Gasteiger partial charge in [-0.2, -0.15) is 0 Å². The Bertz CT molecular complexity index is 837. The molecule has 0 radical (unpaired) electrons. The van der Waals surface area contributed by atoms with Crippen molar-refractivity contribution in [3.05, 3.63) is 66.2 Å². The number of esters is 1. The molecule has 0 N–H and O–H groups in total. The fourth-order valence-corrected chi connectivity index (χ4v) is 2.29. The highest BCUT2D eigenvalue weighted by atomic mass is 16.6. The minimum Gasteiger partial charge on any atom is -0.453 e. The van der Waals surface area contributed by atoms with Gasteiger partial charge < -0.3 is 9.47 Å². The maximum Gasteiger partial charge on any atom is 0.308 e. The second-order valence-corrected chi connectivity index (χ2v) is 5.15. The van der Waals surface area contributed by atoms with Crippen LogP contribution in [0.3, 0.4) is 0 Å². The number of ether oxygens (including phenoxy) is 2. The smallest absolute Gasteiger partial charge is 0.308 e. The summed E-state index contributed by atoms with van der Waals surface area (Å²) in [7, 11) is 0. The summed E-state index contributed by atoms with van der Waals surface area (Å²) in [5.74, 6) is 1.29. The lowest BCUT2D eigenvalue weighted by Crippen LogP contribution is -2.03. The Morgan fingerprint density at radius 2 is 1.64 bits per heavy atom. The molecule has 0 atom stereocenters. The van der Waals surface area contributed by atoms with Gasteiger partial charge in [0.25, 0.3) is 0 Å². The quantitative estimate of drug-likeness (QED) is 0.510. The predicted octanol–water partition coefficient (Wildman–Crippen LogP) is 4.87. The van der Waals surface area contributed by atoms with Gasteiger partial charge in [-0.1, -0.05) is 36.4 Å². The first-order chi connectivity index (χ1) is 10.6. The van der Waals surface area contributed by atoms with Crippen LogP contribution >= 0.6 is 0 Å².